The Hall–Kier alpha value is -1.66. The van der Waals surface area contributed by atoms with Crippen LogP contribution in [0.1, 0.15) is 24.5 Å². The van der Waals surface area contributed by atoms with Crippen LogP contribution in [0.2, 0.25) is 0 Å². The number of rotatable bonds is 7. The van der Waals surface area contributed by atoms with E-state index in [1.165, 1.54) is 6.07 Å². The first-order chi connectivity index (χ1) is 12.0. The summed E-state index contributed by atoms with van der Waals surface area (Å²) in [5, 5.41) is 3.34. The fourth-order valence-electron chi connectivity index (χ4n) is 3.03. The zero-order valence-corrected chi connectivity index (χ0v) is 15.9. The van der Waals surface area contributed by atoms with Crippen LogP contribution in [0.25, 0.3) is 0 Å². The summed E-state index contributed by atoms with van der Waals surface area (Å²) in [6.45, 7) is 6.63. The average Bonchev–Trinajstić information content (AvgIpc) is 3.06. The maximum absolute atomic E-state index is 13.9. The monoisotopic (exact) mass is 350 g/mol. The summed E-state index contributed by atoms with van der Waals surface area (Å²) in [5.74, 6) is 1.28. The minimum Gasteiger partial charge on any atom is -0.381 e. The molecule has 1 aromatic rings. The lowest BCUT2D eigenvalue weighted by Gasteiger charge is -2.24. The fraction of sp³-hybridized carbons (Fsp3) is 0.632. The van der Waals surface area contributed by atoms with Gasteiger partial charge in [-0.25, -0.2) is 9.38 Å². The summed E-state index contributed by atoms with van der Waals surface area (Å²) in [4.78, 5) is 8.86. The van der Waals surface area contributed by atoms with Gasteiger partial charge < -0.3 is 19.9 Å². The predicted octanol–water partition coefficient (Wildman–Crippen LogP) is 2.32. The van der Waals surface area contributed by atoms with Crippen molar-refractivity contribution in [1.82, 2.24) is 15.1 Å². The molecule has 1 heterocycles. The topological polar surface area (TPSA) is 40.1 Å². The molecule has 0 spiro atoms. The van der Waals surface area contributed by atoms with Crippen LogP contribution in [0.15, 0.2) is 23.2 Å². The molecule has 1 aromatic carbocycles. The number of benzene rings is 1. The minimum absolute atomic E-state index is 0.160. The van der Waals surface area contributed by atoms with Crippen LogP contribution in [-0.4, -0.2) is 63.2 Å². The molecular weight excluding hydrogens is 319 g/mol. The van der Waals surface area contributed by atoms with Gasteiger partial charge in [-0.1, -0.05) is 6.07 Å². The van der Waals surface area contributed by atoms with Crippen LogP contribution in [0.4, 0.5) is 4.39 Å². The predicted molar refractivity (Wildman–Crippen MR) is 100 cm³/mol. The maximum Gasteiger partial charge on any atom is 0.193 e. The molecule has 1 aliphatic rings. The number of aliphatic imine (C=N–C) groups is 1. The van der Waals surface area contributed by atoms with Gasteiger partial charge in [0.2, 0.25) is 0 Å². The van der Waals surface area contributed by atoms with E-state index in [9.17, 15) is 4.39 Å². The van der Waals surface area contributed by atoms with E-state index < -0.39 is 0 Å². The Balaban J connectivity index is 2.04. The molecule has 0 aliphatic carbocycles. The molecule has 2 rings (SSSR count). The van der Waals surface area contributed by atoms with E-state index in [0.29, 0.717) is 24.6 Å². The number of halogens is 1. The van der Waals surface area contributed by atoms with Gasteiger partial charge in [-0.15, -0.1) is 0 Å². The Morgan fingerprint density at radius 3 is 2.80 bits per heavy atom. The molecule has 1 saturated heterocycles. The molecule has 6 heteroatoms. The highest BCUT2D eigenvalue weighted by molar-refractivity contribution is 5.79. The normalized spacial score (nSPS) is 18.0. The van der Waals surface area contributed by atoms with Crippen molar-refractivity contribution in [3.8, 4) is 0 Å². The van der Waals surface area contributed by atoms with E-state index in [4.69, 9.17) is 9.73 Å². The highest BCUT2D eigenvalue weighted by atomic mass is 19.1. The Labute approximate surface area is 150 Å². The molecule has 140 valence electrons. The van der Waals surface area contributed by atoms with E-state index in [1.54, 1.807) is 0 Å². The maximum atomic E-state index is 13.9. The first kappa shape index (κ1) is 19.7. The van der Waals surface area contributed by atoms with Gasteiger partial charge in [-0.2, -0.15) is 0 Å². The SMILES string of the molecule is CCNC(=NCc1ccc(F)c(CN(C)C)c1)N(C)CC1CCOC1. The third-order valence-electron chi connectivity index (χ3n) is 4.26. The molecular formula is C19H31FN4O. The number of guanidine groups is 1. The van der Waals surface area contributed by atoms with Gasteiger partial charge in [0.25, 0.3) is 0 Å². The smallest absolute Gasteiger partial charge is 0.193 e. The molecule has 0 amide bonds. The summed E-state index contributed by atoms with van der Waals surface area (Å²) < 4.78 is 19.4. The van der Waals surface area contributed by atoms with Crippen LogP contribution >= 0.6 is 0 Å². The number of nitrogens with one attached hydrogen (secondary N) is 1. The molecule has 1 N–H and O–H groups in total. The standard InChI is InChI=1S/C19H31FN4O/c1-5-21-19(24(4)12-16-8-9-25-14-16)22-11-15-6-7-18(20)17(10-15)13-23(2)3/h6-7,10,16H,5,8-9,11-14H2,1-4H3,(H,21,22). The number of hydrogen-bond acceptors (Lipinski definition) is 3. The van der Waals surface area contributed by atoms with E-state index in [1.807, 2.05) is 31.1 Å². The molecule has 0 saturated carbocycles. The lowest BCUT2D eigenvalue weighted by atomic mass is 10.1. The lowest BCUT2D eigenvalue weighted by molar-refractivity contribution is 0.181. The molecule has 0 bridgehead atoms. The third kappa shape index (κ3) is 6.29. The van der Waals surface area contributed by atoms with Crippen LogP contribution < -0.4 is 5.32 Å². The van der Waals surface area contributed by atoms with Crippen molar-refractivity contribution in [2.75, 3.05) is 47.4 Å². The van der Waals surface area contributed by atoms with Crippen molar-refractivity contribution in [3.05, 3.63) is 35.1 Å². The molecule has 0 aromatic heterocycles. The average molecular weight is 350 g/mol. The van der Waals surface area contributed by atoms with Crippen molar-refractivity contribution >= 4 is 5.96 Å². The zero-order valence-electron chi connectivity index (χ0n) is 15.9. The summed E-state index contributed by atoms with van der Waals surface area (Å²) in [6, 6.07) is 5.26. The summed E-state index contributed by atoms with van der Waals surface area (Å²) in [6.07, 6.45) is 1.11. The van der Waals surface area contributed by atoms with Crippen LogP contribution in [0.3, 0.4) is 0 Å². The highest BCUT2D eigenvalue weighted by Crippen LogP contribution is 2.15. The highest BCUT2D eigenvalue weighted by Gasteiger charge is 2.19. The molecule has 5 nitrogen and oxygen atoms in total. The van der Waals surface area contributed by atoms with E-state index in [2.05, 4.69) is 24.2 Å². The van der Waals surface area contributed by atoms with Gasteiger partial charge in [0.05, 0.1) is 13.2 Å². The van der Waals surface area contributed by atoms with Crippen molar-refractivity contribution < 1.29 is 9.13 Å². The van der Waals surface area contributed by atoms with Crippen molar-refractivity contribution in [3.63, 3.8) is 0 Å². The Bertz CT molecular complexity index is 571. The van der Waals surface area contributed by atoms with Crippen LogP contribution in [0, 0.1) is 11.7 Å². The minimum atomic E-state index is -0.160. The van der Waals surface area contributed by atoms with Crippen molar-refractivity contribution in [2.24, 2.45) is 10.9 Å². The molecule has 1 unspecified atom stereocenters. The molecule has 0 radical (unpaired) electrons. The fourth-order valence-corrected chi connectivity index (χ4v) is 3.03. The second kappa shape index (κ2) is 9.73. The van der Waals surface area contributed by atoms with Gasteiger partial charge in [0, 0.05) is 44.8 Å². The van der Waals surface area contributed by atoms with Gasteiger partial charge in [0.1, 0.15) is 5.82 Å². The Morgan fingerprint density at radius 1 is 1.36 bits per heavy atom. The molecule has 1 atom stereocenters. The zero-order chi connectivity index (χ0) is 18.2. The summed E-state index contributed by atoms with van der Waals surface area (Å²) >= 11 is 0. The van der Waals surface area contributed by atoms with Crippen LogP contribution in [0.5, 0.6) is 0 Å². The Kier molecular flexibility index (Phi) is 7.65. The second-order valence-electron chi connectivity index (χ2n) is 6.94. The van der Waals surface area contributed by atoms with Crippen molar-refractivity contribution in [2.45, 2.75) is 26.4 Å². The number of ether oxygens (including phenoxy) is 1. The van der Waals surface area contributed by atoms with E-state index >= 15 is 0 Å². The first-order valence-electron chi connectivity index (χ1n) is 8.98. The summed E-state index contributed by atoms with van der Waals surface area (Å²) in [5.41, 5.74) is 1.73. The third-order valence-corrected chi connectivity index (χ3v) is 4.26. The van der Waals surface area contributed by atoms with Gasteiger partial charge in [0.15, 0.2) is 5.96 Å². The number of hydrogen-bond donors (Lipinski definition) is 1. The quantitative estimate of drug-likeness (QED) is 0.605. The van der Waals surface area contributed by atoms with E-state index in [0.717, 1.165) is 44.2 Å². The first-order valence-corrected chi connectivity index (χ1v) is 8.98. The largest absolute Gasteiger partial charge is 0.381 e. The van der Waals surface area contributed by atoms with Crippen LogP contribution in [-0.2, 0) is 17.8 Å². The van der Waals surface area contributed by atoms with E-state index in [-0.39, 0.29) is 5.82 Å². The van der Waals surface area contributed by atoms with Gasteiger partial charge >= 0.3 is 0 Å². The number of nitrogens with zero attached hydrogens (tertiary/aromatic N) is 3. The molecule has 1 fully saturated rings. The molecule has 1 aliphatic heterocycles. The second-order valence-corrected chi connectivity index (χ2v) is 6.94. The van der Waals surface area contributed by atoms with Crippen molar-refractivity contribution in [1.29, 1.82) is 0 Å². The molecule has 25 heavy (non-hydrogen) atoms. The Morgan fingerprint density at radius 2 is 2.16 bits per heavy atom. The summed E-state index contributed by atoms with van der Waals surface area (Å²) in [7, 11) is 5.94. The van der Waals surface area contributed by atoms with Gasteiger partial charge in [-0.3, -0.25) is 0 Å². The lowest BCUT2D eigenvalue weighted by Crippen LogP contribution is -2.41. The van der Waals surface area contributed by atoms with Gasteiger partial charge in [-0.05, 0) is 45.1 Å².